The van der Waals surface area contributed by atoms with Crippen molar-refractivity contribution in [1.82, 2.24) is 10.6 Å². The molecule has 2 amide bonds. The third-order valence-electron chi connectivity index (χ3n) is 6.06. The predicted octanol–water partition coefficient (Wildman–Crippen LogP) is 4.57. The van der Waals surface area contributed by atoms with Gasteiger partial charge in [0.15, 0.2) is 0 Å². The molecule has 0 aliphatic heterocycles. The fourth-order valence-corrected chi connectivity index (χ4v) is 4.11. The van der Waals surface area contributed by atoms with Crippen molar-refractivity contribution in [2.45, 2.75) is 78.0 Å². The Labute approximate surface area is 196 Å². The predicted molar refractivity (Wildman–Crippen MR) is 124 cm³/mol. The minimum Gasteiger partial charge on any atom is -0.469 e. The molecule has 2 atom stereocenters. The number of methoxy groups -OCH3 is 1. The number of hydrogen-bond acceptors (Lipinski definition) is 6. The Balaban J connectivity index is 1.87. The molecule has 8 heteroatoms. The average Bonchev–Trinajstić information content (AvgIpc) is 2.72. The van der Waals surface area contributed by atoms with Crippen molar-refractivity contribution >= 4 is 18.2 Å². The molecule has 184 valence electrons. The summed E-state index contributed by atoms with van der Waals surface area (Å²) in [6.07, 6.45) is 3.26. The number of ether oxygens (including phenoxy) is 3. The van der Waals surface area contributed by atoms with Crippen LogP contribution in [-0.4, -0.2) is 43.5 Å². The van der Waals surface area contributed by atoms with Gasteiger partial charge in [-0.05, 0) is 64.4 Å². The summed E-state index contributed by atoms with van der Waals surface area (Å²) >= 11 is 0. The van der Waals surface area contributed by atoms with Crippen LogP contribution in [0.15, 0.2) is 30.3 Å². The van der Waals surface area contributed by atoms with Gasteiger partial charge in [-0.15, -0.1) is 0 Å². The molecular formula is C25H38N2O6. The van der Waals surface area contributed by atoms with Crippen LogP contribution in [0.1, 0.15) is 65.4 Å². The number of carbonyl (C=O) groups is 3. The van der Waals surface area contributed by atoms with E-state index in [4.69, 9.17) is 14.2 Å². The molecule has 0 saturated heterocycles. The quantitative estimate of drug-likeness (QED) is 0.390. The summed E-state index contributed by atoms with van der Waals surface area (Å²) in [5.41, 5.74) is 0.214. The largest absolute Gasteiger partial charge is 0.469 e. The van der Waals surface area contributed by atoms with Gasteiger partial charge < -0.3 is 24.8 Å². The van der Waals surface area contributed by atoms with E-state index in [1.165, 1.54) is 7.11 Å². The van der Waals surface area contributed by atoms with Crippen LogP contribution in [0.4, 0.5) is 9.59 Å². The Morgan fingerprint density at radius 2 is 1.76 bits per heavy atom. The lowest BCUT2D eigenvalue weighted by atomic mass is 9.61. The second-order valence-corrected chi connectivity index (χ2v) is 9.86. The summed E-state index contributed by atoms with van der Waals surface area (Å²) in [5.74, 6) is -0.868. The standard InChI is InChI=1S/C25H38N2O6/c1-18(27-23(30)33-24(2,3)4)20(21(28)31-5)16-25(12-9-13-25)14-15-26-22(29)32-17-19-10-7-6-8-11-19/h6-8,10-11,18,20H,9,12-17H2,1-5H3,(H,26,29)(H,27,30)/t18-,20-/m1/s1. The van der Waals surface area contributed by atoms with E-state index < -0.39 is 29.7 Å². The molecule has 1 fully saturated rings. The number of hydrogen-bond donors (Lipinski definition) is 2. The Morgan fingerprint density at radius 1 is 1.09 bits per heavy atom. The lowest BCUT2D eigenvalue weighted by Gasteiger charge is -2.45. The highest BCUT2D eigenvalue weighted by molar-refractivity contribution is 5.75. The van der Waals surface area contributed by atoms with E-state index in [9.17, 15) is 14.4 Å². The number of benzene rings is 1. The summed E-state index contributed by atoms with van der Waals surface area (Å²) in [6.45, 7) is 7.82. The fraction of sp³-hybridized carbons (Fsp3) is 0.640. The van der Waals surface area contributed by atoms with Crippen molar-refractivity contribution in [2.75, 3.05) is 13.7 Å². The molecule has 2 rings (SSSR count). The van der Waals surface area contributed by atoms with E-state index in [1.807, 2.05) is 30.3 Å². The zero-order chi connectivity index (χ0) is 24.5. The zero-order valence-corrected chi connectivity index (χ0v) is 20.4. The minimum absolute atomic E-state index is 0.0879. The molecule has 2 N–H and O–H groups in total. The maximum Gasteiger partial charge on any atom is 0.407 e. The molecule has 0 spiro atoms. The molecule has 0 aromatic heterocycles. The van der Waals surface area contributed by atoms with Gasteiger partial charge >= 0.3 is 18.2 Å². The van der Waals surface area contributed by atoms with Crippen molar-refractivity contribution in [2.24, 2.45) is 11.3 Å². The molecule has 33 heavy (non-hydrogen) atoms. The monoisotopic (exact) mass is 462 g/mol. The van der Waals surface area contributed by atoms with Gasteiger partial charge in [0.1, 0.15) is 12.2 Å². The number of esters is 1. The molecule has 0 bridgehead atoms. The van der Waals surface area contributed by atoms with Gasteiger partial charge in [-0.2, -0.15) is 0 Å². The highest BCUT2D eigenvalue weighted by Crippen LogP contribution is 2.49. The Morgan fingerprint density at radius 3 is 2.30 bits per heavy atom. The second-order valence-electron chi connectivity index (χ2n) is 9.86. The van der Waals surface area contributed by atoms with Gasteiger partial charge in [-0.3, -0.25) is 4.79 Å². The summed E-state index contributed by atoms with van der Waals surface area (Å²) in [6, 6.07) is 9.05. The molecular weight excluding hydrogens is 424 g/mol. The molecule has 0 unspecified atom stereocenters. The highest BCUT2D eigenvalue weighted by atomic mass is 16.6. The molecule has 0 heterocycles. The van der Waals surface area contributed by atoms with Gasteiger partial charge in [0.05, 0.1) is 13.0 Å². The first kappa shape index (κ1) is 26.5. The van der Waals surface area contributed by atoms with Gasteiger partial charge in [0.25, 0.3) is 0 Å². The first-order valence-corrected chi connectivity index (χ1v) is 11.6. The van der Waals surface area contributed by atoms with Crippen LogP contribution < -0.4 is 10.6 Å². The van der Waals surface area contributed by atoms with Crippen molar-refractivity contribution in [3.05, 3.63) is 35.9 Å². The summed E-state index contributed by atoms with van der Waals surface area (Å²) in [7, 11) is 1.35. The molecule has 1 aromatic rings. The van der Waals surface area contributed by atoms with Gasteiger partial charge in [0, 0.05) is 12.6 Å². The lowest BCUT2D eigenvalue weighted by molar-refractivity contribution is -0.148. The van der Waals surface area contributed by atoms with Crippen LogP contribution in [0, 0.1) is 11.3 Å². The van der Waals surface area contributed by atoms with E-state index >= 15 is 0 Å². The molecule has 1 aliphatic rings. The van der Waals surface area contributed by atoms with Crippen LogP contribution in [-0.2, 0) is 25.6 Å². The lowest BCUT2D eigenvalue weighted by Crippen LogP contribution is -2.47. The average molecular weight is 463 g/mol. The number of rotatable bonds is 10. The van der Waals surface area contributed by atoms with Crippen LogP contribution in [0.3, 0.4) is 0 Å². The third kappa shape index (κ3) is 8.94. The number of alkyl carbamates (subject to hydrolysis) is 2. The number of amides is 2. The molecule has 1 saturated carbocycles. The Bertz CT molecular complexity index is 786. The fourth-order valence-electron chi connectivity index (χ4n) is 4.11. The normalized spacial score (nSPS) is 16.5. The maximum atomic E-state index is 12.5. The van der Waals surface area contributed by atoms with Gasteiger partial charge in [-0.1, -0.05) is 36.8 Å². The molecule has 8 nitrogen and oxygen atoms in total. The molecule has 1 aromatic carbocycles. The van der Waals surface area contributed by atoms with Crippen molar-refractivity contribution in [3.63, 3.8) is 0 Å². The SMILES string of the molecule is COC(=O)[C@H](CC1(CCNC(=O)OCc2ccccc2)CCC1)[C@@H](C)NC(=O)OC(C)(C)C. The van der Waals surface area contributed by atoms with Crippen molar-refractivity contribution in [3.8, 4) is 0 Å². The number of carbonyl (C=O) groups excluding carboxylic acids is 3. The first-order chi connectivity index (χ1) is 15.5. The minimum atomic E-state index is -0.624. The van der Waals surface area contributed by atoms with Crippen LogP contribution in [0.5, 0.6) is 0 Å². The molecule has 0 radical (unpaired) electrons. The Hall–Kier alpha value is -2.77. The van der Waals surface area contributed by atoms with E-state index in [1.54, 1.807) is 27.7 Å². The summed E-state index contributed by atoms with van der Waals surface area (Å²) in [5, 5.41) is 5.59. The first-order valence-electron chi connectivity index (χ1n) is 11.6. The molecule has 1 aliphatic carbocycles. The maximum absolute atomic E-state index is 12.5. The van der Waals surface area contributed by atoms with Gasteiger partial charge in [0.2, 0.25) is 0 Å². The summed E-state index contributed by atoms with van der Waals surface area (Å²) in [4.78, 5) is 36.8. The van der Waals surface area contributed by atoms with E-state index in [-0.39, 0.29) is 18.0 Å². The highest BCUT2D eigenvalue weighted by Gasteiger charge is 2.42. The van der Waals surface area contributed by atoms with Crippen molar-refractivity contribution < 1.29 is 28.6 Å². The topological polar surface area (TPSA) is 103 Å². The van der Waals surface area contributed by atoms with E-state index in [0.29, 0.717) is 13.0 Å². The zero-order valence-electron chi connectivity index (χ0n) is 20.4. The van der Waals surface area contributed by atoms with E-state index in [0.717, 1.165) is 31.2 Å². The van der Waals surface area contributed by atoms with Crippen LogP contribution in [0.25, 0.3) is 0 Å². The third-order valence-corrected chi connectivity index (χ3v) is 6.06. The smallest absolute Gasteiger partial charge is 0.407 e. The second kappa shape index (κ2) is 11.9. The van der Waals surface area contributed by atoms with Crippen molar-refractivity contribution in [1.29, 1.82) is 0 Å². The Kier molecular flexibility index (Phi) is 9.56. The van der Waals surface area contributed by atoms with Crippen LogP contribution in [0.2, 0.25) is 0 Å². The number of nitrogens with one attached hydrogen (secondary N) is 2. The van der Waals surface area contributed by atoms with Gasteiger partial charge in [-0.25, -0.2) is 9.59 Å². The van der Waals surface area contributed by atoms with Crippen LogP contribution >= 0.6 is 0 Å². The van der Waals surface area contributed by atoms with E-state index in [2.05, 4.69) is 10.6 Å². The summed E-state index contributed by atoms with van der Waals surface area (Å²) < 4.78 is 15.6.